The third-order valence-corrected chi connectivity index (χ3v) is 2.87. The molecule has 0 bridgehead atoms. The first kappa shape index (κ1) is 13.0. The van der Waals surface area contributed by atoms with Crippen molar-refractivity contribution in [2.75, 3.05) is 0 Å². The zero-order valence-electron chi connectivity index (χ0n) is 10.7. The quantitative estimate of drug-likeness (QED) is 0.689. The first-order valence-electron chi connectivity index (χ1n) is 6.13. The molecule has 0 aliphatic rings. The van der Waals surface area contributed by atoms with Crippen molar-refractivity contribution >= 4 is 0 Å². The number of nitrogens with one attached hydrogen (secondary N) is 1. The van der Waals surface area contributed by atoms with Crippen LogP contribution in [0.5, 0.6) is 23.0 Å². The average Bonchev–Trinajstić information content (AvgIpc) is 2.87. The van der Waals surface area contributed by atoms with Gasteiger partial charge in [-0.2, -0.15) is 5.10 Å². The molecule has 3 aromatic rings. The molecular formula is C15H11FN2O3. The molecule has 0 saturated heterocycles. The maximum Gasteiger partial charge on any atom is 0.173 e. The van der Waals surface area contributed by atoms with Gasteiger partial charge in [0, 0.05) is 17.7 Å². The number of rotatable bonds is 3. The van der Waals surface area contributed by atoms with Crippen LogP contribution in [0.15, 0.2) is 48.7 Å². The van der Waals surface area contributed by atoms with Crippen molar-refractivity contribution < 1.29 is 19.3 Å². The Balaban J connectivity index is 1.97. The van der Waals surface area contributed by atoms with E-state index in [1.807, 2.05) is 0 Å². The fourth-order valence-corrected chi connectivity index (χ4v) is 1.93. The second-order valence-corrected chi connectivity index (χ2v) is 4.36. The van der Waals surface area contributed by atoms with E-state index in [1.54, 1.807) is 6.07 Å². The first-order valence-corrected chi connectivity index (χ1v) is 6.13. The smallest absolute Gasteiger partial charge is 0.173 e. The van der Waals surface area contributed by atoms with Crippen molar-refractivity contribution in [3.8, 4) is 34.3 Å². The standard InChI is InChI=1S/C15H11FN2O3/c16-9-2-1-3-11(6-9)21-14-8-17-18-15(14)12-5-4-10(19)7-13(12)20/h1-8,19-20H,(H,17,18). The molecule has 0 aliphatic heterocycles. The van der Waals surface area contributed by atoms with Gasteiger partial charge in [0.2, 0.25) is 0 Å². The van der Waals surface area contributed by atoms with E-state index in [0.717, 1.165) is 0 Å². The summed E-state index contributed by atoms with van der Waals surface area (Å²) in [6.45, 7) is 0. The topological polar surface area (TPSA) is 78.4 Å². The van der Waals surface area contributed by atoms with Gasteiger partial charge in [-0.05, 0) is 24.3 Å². The molecule has 5 nitrogen and oxygen atoms in total. The molecule has 2 aromatic carbocycles. The Morgan fingerprint density at radius 2 is 1.95 bits per heavy atom. The van der Waals surface area contributed by atoms with Crippen molar-refractivity contribution in [3.63, 3.8) is 0 Å². The van der Waals surface area contributed by atoms with Gasteiger partial charge in [-0.1, -0.05) is 6.07 Å². The maximum atomic E-state index is 13.2. The number of aromatic amines is 1. The minimum absolute atomic E-state index is 0.0561. The molecular weight excluding hydrogens is 275 g/mol. The van der Waals surface area contributed by atoms with Crippen molar-refractivity contribution in [2.45, 2.75) is 0 Å². The average molecular weight is 286 g/mol. The van der Waals surface area contributed by atoms with Crippen LogP contribution < -0.4 is 4.74 Å². The fraction of sp³-hybridized carbons (Fsp3) is 0. The number of ether oxygens (including phenoxy) is 1. The van der Waals surface area contributed by atoms with Crippen molar-refractivity contribution in [2.24, 2.45) is 0 Å². The lowest BCUT2D eigenvalue weighted by molar-refractivity contribution is 0.450. The molecule has 0 amide bonds. The first-order chi connectivity index (χ1) is 10.1. The van der Waals surface area contributed by atoms with Gasteiger partial charge in [0.15, 0.2) is 5.75 Å². The Morgan fingerprint density at radius 1 is 1.10 bits per heavy atom. The third-order valence-electron chi connectivity index (χ3n) is 2.87. The summed E-state index contributed by atoms with van der Waals surface area (Å²) in [5, 5.41) is 25.8. The fourth-order valence-electron chi connectivity index (χ4n) is 1.93. The molecule has 0 aliphatic carbocycles. The summed E-state index contributed by atoms with van der Waals surface area (Å²) in [7, 11) is 0. The number of halogens is 1. The van der Waals surface area contributed by atoms with Crippen LogP contribution in [0.25, 0.3) is 11.3 Å². The van der Waals surface area contributed by atoms with Crippen LogP contribution in [-0.4, -0.2) is 20.4 Å². The van der Waals surface area contributed by atoms with E-state index in [2.05, 4.69) is 10.2 Å². The van der Waals surface area contributed by atoms with E-state index < -0.39 is 5.82 Å². The number of H-pyrrole nitrogens is 1. The van der Waals surface area contributed by atoms with E-state index in [4.69, 9.17) is 4.74 Å². The molecule has 6 heteroatoms. The Kier molecular flexibility index (Phi) is 3.19. The molecule has 0 fully saturated rings. The van der Waals surface area contributed by atoms with Crippen molar-refractivity contribution in [3.05, 3.63) is 54.5 Å². The van der Waals surface area contributed by atoms with E-state index in [1.165, 1.54) is 42.6 Å². The Morgan fingerprint density at radius 3 is 2.71 bits per heavy atom. The minimum atomic E-state index is -0.412. The number of aromatic nitrogens is 2. The highest BCUT2D eigenvalue weighted by atomic mass is 19.1. The third kappa shape index (κ3) is 2.64. The second kappa shape index (κ2) is 5.16. The second-order valence-electron chi connectivity index (χ2n) is 4.36. The largest absolute Gasteiger partial charge is 0.508 e. The van der Waals surface area contributed by atoms with Gasteiger partial charge in [-0.25, -0.2) is 4.39 Å². The van der Waals surface area contributed by atoms with Gasteiger partial charge < -0.3 is 14.9 Å². The molecule has 0 radical (unpaired) electrons. The monoisotopic (exact) mass is 286 g/mol. The lowest BCUT2D eigenvalue weighted by atomic mass is 10.1. The number of nitrogens with zero attached hydrogens (tertiary/aromatic N) is 1. The van der Waals surface area contributed by atoms with E-state index in [9.17, 15) is 14.6 Å². The number of benzene rings is 2. The van der Waals surface area contributed by atoms with Gasteiger partial charge in [-0.3, -0.25) is 5.10 Å². The molecule has 1 aromatic heterocycles. The summed E-state index contributed by atoms with van der Waals surface area (Å²) in [4.78, 5) is 0. The van der Waals surface area contributed by atoms with Crippen LogP contribution >= 0.6 is 0 Å². The lowest BCUT2D eigenvalue weighted by Gasteiger charge is -2.07. The predicted octanol–water partition coefficient (Wildman–Crippen LogP) is 3.42. The van der Waals surface area contributed by atoms with Crippen LogP contribution in [0.2, 0.25) is 0 Å². The van der Waals surface area contributed by atoms with Gasteiger partial charge in [0.1, 0.15) is 28.8 Å². The summed E-state index contributed by atoms with van der Waals surface area (Å²) >= 11 is 0. The Labute approximate surface area is 119 Å². The summed E-state index contributed by atoms with van der Waals surface area (Å²) in [5.74, 6) is 0.0492. The molecule has 0 saturated carbocycles. The highest BCUT2D eigenvalue weighted by Crippen LogP contribution is 2.37. The number of hydrogen-bond acceptors (Lipinski definition) is 4. The van der Waals surface area contributed by atoms with Crippen LogP contribution in [0.4, 0.5) is 4.39 Å². The minimum Gasteiger partial charge on any atom is -0.508 e. The molecule has 0 atom stereocenters. The predicted molar refractivity (Wildman–Crippen MR) is 73.8 cm³/mol. The highest BCUT2D eigenvalue weighted by Gasteiger charge is 2.15. The normalized spacial score (nSPS) is 10.5. The lowest BCUT2D eigenvalue weighted by Crippen LogP contribution is -1.87. The number of phenolic OH excluding ortho intramolecular Hbond substituents is 2. The maximum absolute atomic E-state index is 13.2. The van der Waals surface area contributed by atoms with Gasteiger partial charge >= 0.3 is 0 Å². The Hall–Kier alpha value is -3.02. The number of phenols is 2. The zero-order chi connectivity index (χ0) is 14.8. The summed E-state index contributed by atoms with van der Waals surface area (Å²) in [6.07, 6.45) is 1.49. The Bertz CT molecular complexity index is 786. The molecule has 21 heavy (non-hydrogen) atoms. The van der Waals surface area contributed by atoms with Crippen LogP contribution in [0.3, 0.4) is 0 Å². The molecule has 0 unspecified atom stereocenters. The molecule has 3 rings (SSSR count). The highest BCUT2D eigenvalue weighted by molar-refractivity contribution is 5.72. The van der Waals surface area contributed by atoms with Gasteiger partial charge in [0.05, 0.1) is 6.20 Å². The molecule has 0 spiro atoms. The van der Waals surface area contributed by atoms with E-state index in [0.29, 0.717) is 22.8 Å². The molecule has 106 valence electrons. The number of hydrogen-bond donors (Lipinski definition) is 3. The van der Waals surface area contributed by atoms with E-state index in [-0.39, 0.29) is 11.5 Å². The van der Waals surface area contributed by atoms with E-state index >= 15 is 0 Å². The number of aromatic hydroxyl groups is 2. The van der Waals surface area contributed by atoms with Gasteiger partial charge in [-0.15, -0.1) is 0 Å². The zero-order valence-corrected chi connectivity index (χ0v) is 10.7. The summed E-state index contributed by atoms with van der Waals surface area (Å²) in [5.41, 5.74) is 0.747. The van der Waals surface area contributed by atoms with Crippen molar-refractivity contribution in [1.82, 2.24) is 10.2 Å². The molecule has 3 N–H and O–H groups in total. The van der Waals surface area contributed by atoms with Crippen LogP contribution in [-0.2, 0) is 0 Å². The van der Waals surface area contributed by atoms with Gasteiger partial charge in [0.25, 0.3) is 0 Å². The molecule has 1 heterocycles. The summed E-state index contributed by atoms with van der Waals surface area (Å²) < 4.78 is 18.7. The van der Waals surface area contributed by atoms with Crippen LogP contribution in [0, 0.1) is 5.82 Å². The van der Waals surface area contributed by atoms with Crippen molar-refractivity contribution in [1.29, 1.82) is 0 Å². The van der Waals surface area contributed by atoms with Crippen LogP contribution in [0.1, 0.15) is 0 Å². The summed E-state index contributed by atoms with van der Waals surface area (Å²) in [6, 6.07) is 9.84. The SMILES string of the molecule is Oc1ccc(-c2n[nH]cc2Oc2cccc(F)c2)c(O)c1.